The van der Waals surface area contributed by atoms with E-state index in [2.05, 4.69) is 11.9 Å². The minimum atomic E-state index is -0.519. The molecule has 0 amide bonds. The molecule has 0 aliphatic heterocycles. The van der Waals surface area contributed by atoms with Crippen LogP contribution in [0.15, 0.2) is 48.5 Å². The van der Waals surface area contributed by atoms with Gasteiger partial charge in [-0.05, 0) is 36.8 Å². The quantitative estimate of drug-likeness (QED) is 0.295. The molecule has 1 aromatic heterocycles. The summed E-state index contributed by atoms with van der Waals surface area (Å²) >= 11 is 0. The molecule has 5 nitrogen and oxygen atoms in total. The Morgan fingerprint density at radius 2 is 1.73 bits per heavy atom. The van der Waals surface area contributed by atoms with E-state index in [9.17, 15) is 14.7 Å². The van der Waals surface area contributed by atoms with Crippen LogP contribution >= 0.6 is 0 Å². The zero-order valence-electron chi connectivity index (χ0n) is 17.8. The number of methoxy groups -OCH3 is 1. The molecule has 160 valence electrons. The number of hydrogen-bond acceptors (Lipinski definition) is 5. The van der Waals surface area contributed by atoms with Crippen LogP contribution in [0, 0.1) is 0 Å². The first-order valence-corrected chi connectivity index (χ1v) is 10.6. The number of nitrogens with zero attached hydrogens (tertiary/aromatic N) is 1. The molecule has 0 saturated carbocycles. The van der Waals surface area contributed by atoms with Gasteiger partial charge in [0.1, 0.15) is 5.69 Å². The topological polar surface area (TPSA) is 76.5 Å². The van der Waals surface area contributed by atoms with Crippen molar-refractivity contribution in [3.63, 3.8) is 0 Å². The molecule has 0 radical (unpaired) electrons. The third-order valence-electron chi connectivity index (χ3n) is 4.89. The van der Waals surface area contributed by atoms with Crippen molar-refractivity contribution < 1.29 is 19.4 Å². The molecule has 30 heavy (non-hydrogen) atoms. The minimum absolute atomic E-state index is 0.274. The Morgan fingerprint density at radius 3 is 2.50 bits per heavy atom. The van der Waals surface area contributed by atoms with Gasteiger partial charge < -0.3 is 9.84 Å². The van der Waals surface area contributed by atoms with Gasteiger partial charge in [-0.15, -0.1) is 0 Å². The maximum absolute atomic E-state index is 12.8. The standard InChI is InChI=1S/C25H31NO4/c1-3-4-5-6-7-8-14-22(27)17-16-21-13-10-15-23(26-21)24(28)19-11-9-12-20(18-19)25(29)30-2/h9-13,15-18,22,27H,3-8,14H2,1-2H3/b17-16+/t22-/m0/s1. The largest absolute Gasteiger partial charge is 0.465 e. The Bertz CT molecular complexity index is 860. The normalized spacial score (nSPS) is 12.1. The average molecular weight is 410 g/mol. The van der Waals surface area contributed by atoms with Crippen molar-refractivity contribution in [3.05, 3.63) is 71.1 Å². The molecule has 5 heteroatoms. The van der Waals surface area contributed by atoms with Crippen molar-refractivity contribution in [1.82, 2.24) is 4.98 Å². The predicted molar refractivity (Wildman–Crippen MR) is 118 cm³/mol. The van der Waals surface area contributed by atoms with E-state index in [0.29, 0.717) is 16.8 Å². The summed E-state index contributed by atoms with van der Waals surface area (Å²) in [5, 5.41) is 10.2. The highest BCUT2D eigenvalue weighted by atomic mass is 16.5. The van der Waals surface area contributed by atoms with Crippen LogP contribution in [-0.2, 0) is 4.74 Å². The highest BCUT2D eigenvalue weighted by Gasteiger charge is 2.14. The van der Waals surface area contributed by atoms with Crippen LogP contribution in [-0.4, -0.2) is 35.1 Å². The number of esters is 1. The fourth-order valence-corrected chi connectivity index (χ4v) is 3.16. The summed E-state index contributed by atoms with van der Waals surface area (Å²) in [6.45, 7) is 2.20. The van der Waals surface area contributed by atoms with Gasteiger partial charge in [-0.25, -0.2) is 9.78 Å². The number of carbonyl (C=O) groups is 2. The number of aliphatic hydroxyl groups is 1. The van der Waals surface area contributed by atoms with Crippen LogP contribution in [0.5, 0.6) is 0 Å². The molecule has 0 saturated heterocycles. The van der Waals surface area contributed by atoms with Gasteiger partial charge in [-0.3, -0.25) is 4.79 Å². The van der Waals surface area contributed by atoms with Gasteiger partial charge in [0.2, 0.25) is 5.78 Å². The van der Waals surface area contributed by atoms with E-state index in [1.54, 1.807) is 48.6 Å². The fourth-order valence-electron chi connectivity index (χ4n) is 3.16. The van der Waals surface area contributed by atoms with Gasteiger partial charge in [0.05, 0.1) is 24.5 Å². The molecule has 2 aromatic rings. The number of aliphatic hydroxyl groups excluding tert-OH is 1. The van der Waals surface area contributed by atoms with Crippen molar-refractivity contribution >= 4 is 17.8 Å². The first-order valence-electron chi connectivity index (χ1n) is 10.6. The van der Waals surface area contributed by atoms with Crippen molar-refractivity contribution in [2.45, 2.75) is 58.0 Å². The molecule has 0 aliphatic carbocycles. The van der Waals surface area contributed by atoms with E-state index in [4.69, 9.17) is 4.74 Å². The summed E-state index contributed by atoms with van der Waals surface area (Å²) in [4.78, 5) is 28.8. The van der Waals surface area contributed by atoms with Gasteiger partial charge in [-0.2, -0.15) is 0 Å². The summed E-state index contributed by atoms with van der Waals surface area (Å²) in [7, 11) is 1.30. The summed E-state index contributed by atoms with van der Waals surface area (Å²) in [5.41, 5.74) is 1.57. The number of unbranched alkanes of at least 4 members (excludes halogenated alkanes) is 5. The van der Waals surface area contributed by atoms with Crippen LogP contribution in [0.4, 0.5) is 0 Å². The SMILES string of the molecule is CCCCCCCC[C@H](O)/C=C/c1cccc(C(=O)c2cccc(C(=O)OC)c2)n1. The van der Waals surface area contributed by atoms with Crippen LogP contribution < -0.4 is 0 Å². The molecular weight excluding hydrogens is 378 g/mol. The van der Waals surface area contributed by atoms with Gasteiger partial charge >= 0.3 is 5.97 Å². The third kappa shape index (κ3) is 7.56. The van der Waals surface area contributed by atoms with E-state index >= 15 is 0 Å². The van der Waals surface area contributed by atoms with Crippen molar-refractivity contribution in [2.24, 2.45) is 0 Å². The molecule has 0 aliphatic rings. The molecule has 0 bridgehead atoms. The lowest BCUT2D eigenvalue weighted by atomic mass is 10.0. The first kappa shape index (κ1) is 23.5. The Balaban J connectivity index is 1.96. The van der Waals surface area contributed by atoms with Crippen LogP contribution in [0.3, 0.4) is 0 Å². The van der Waals surface area contributed by atoms with E-state index in [1.807, 2.05) is 0 Å². The van der Waals surface area contributed by atoms with Crippen LogP contribution in [0.1, 0.15) is 84.0 Å². The first-order chi connectivity index (χ1) is 14.5. The maximum atomic E-state index is 12.8. The number of hydrogen-bond donors (Lipinski definition) is 1. The lowest BCUT2D eigenvalue weighted by molar-refractivity contribution is 0.0600. The number of ether oxygens (including phenoxy) is 1. The Morgan fingerprint density at radius 1 is 1.03 bits per heavy atom. The second-order valence-electron chi connectivity index (χ2n) is 7.33. The lowest BCUT2D eigenvalue weighted by Crippen LogP contribution is -2.08. The lowest BCUT2D eigenvalue weighted by Gasteiger charge is -2.06. The number of ketones is 1. The molecule has 1 heterocycles. The smallest absolute Gasteiger partial charge is 0.337 e. The molecular formula is C25H31NO4. The summed E-state index contributed by atoms with van der Waals surface area (Å²) in [6, 6.07) is 11.6. The fraction of sp³-hybridized carbons (Fsp3) is 0.400. The van der Waals surface area contributed by atoms with Crippen LogP contribution in [0.2, 0.25) is 0 Å². The third-order valence-corrected chi connectivity index (χ3v) is 4.89. The highest BCUT2D eigenvalue weighted by Crippen LogP contribution is 2.14. The summed E-state index contributed by atoms with van der Waals surface area (Å²) in [6.07, 6.45) is 10.8. The summed E-state index contributed by atoms with van der Waals surface area (Å²) < 4.78 is 4.70. The maximum Gasteiger partial charge on any atom is 0.337 e. The molecule has 0 unspecified atom stereocenters. The number of pyridine rings is 1. The van der Waals surface area contributed by atoms with E-state index in [1.165, 1.54) is 38.9 Å². The zero-order valence-corrected chi connectivity index (χ0v) is 17.8. The average Bonchev–Trinajstić information content (AvgIpc) is 2.79. The monoisotopic (exact) mass is 409 g/mol. The van der Waals surface area contributed by atoms with Gasteiger partial charge in [0.25, 0.3) is 0 Å². The zero-order chi connectivity index (χ0) is 21.8. The molecule has 2 rings (SSSR count). The molecule has 1 aromatic carbocycles. The second kappa shape index (κ2) is 12.7. The second-order valence-corrected chi connectivity index (χ2v) is 7.33. The van der Waals surface area contributed by atoms with E-state index < -0.39 is 12.1 Å². The van der Waals surface area contributed by atoms with Crippen LogP contribution in [0.25, 0.3) is 6.08 Å². The number of benzene rings is 1. The summed E-state index contributed by atoms with van der Waals surface area (Å²) in [5.74, 6) is -0.766. The Hall–Kier alpha value is -2.79. The molecule has 0 fully saturated rings. The van der Waals surface area contributed by atoms with Crippen molar-refractivity contribution in [2.75, 3.05) is 7.11 Å². The highest BCUT2D eigenvalue weighted by molar-refractivity contribution is 6.08. The molecule has 0 spiro atoms. The number of aromatic nitrogens is 1. The number of rotatable bonds is 12. The Kier molecular flexibility index (Phi) is 9.95. The minimum Gasteiger partial charge on any atom is -0.465 e. The van der Waals surface area contributed by atoms with Gasteiger partial charge in [0, 0.05) is 5.56 Å². The van der Waals surface area contributed by atoms with Crippen molar-refractivity contribution in [3.8, 4) is 0 Å². The Labute approximate surface area is 178 Å². The van der Waals surface area contributed by atoms with Crippen molar-refractivity contribution in [1.29, 1.82) is 0 Å². The number of carbonyl (C=O) groups excluding carboxylic acids is 2. The van der Waals surface area contributed by atoms with E-state index in [0.717, 1.165) is 19.3 Å². The molecule has 1 atom stereocenters. The predicted octanol–water partition coefficient (Wildman–Crippen LogP) is 5.22. The van der Waals surface area contributed by atoms with Gasteiger partial charge in [0.15, 0.2) is 0 Å². The van der Waals surface area contributed by atoms with Gasteiger partial charge in [-0.1, -0.05) is 69.7 Å². The van der Waals surface area contributed by atoms with E-state index in [-0.39, 0.29) is 11.5 Å². The molecule has 1 N–H and O–H groups in total.